The highest BCUT2D eigenvalue weighted by Crippen LogP contribution is 2.60. The van der Waals surface area contributed by atoms with E-state index in [1.54, 1.807) is 4.90 Å². The fourth-order valence-electron chi connectivity index (χ4n) is 6.40. The molecule has 2 aliphatic carbocycles. The van der Waals surface area contributed by atoms with Crippen molar-refractivity contribution in [1.82, 2.24) is 14.8 Å². The monoisotopic (exact) mass is 518 g/mol. The third kappa shape index (κ3) is 4.53. The number of fused-ring (bicyclic) bond motifs is 2. The Bertz CT molecular complexity index is 951. The SMILES string of the molecule is Cc1ccc(Br)nc1NC(=O)[C@@H]1C[C@]2(CN3C[C@H]4CCC[C@@H]4C3)C[C@@H]2N1C(=O)OC(C)(C)C. The number of anilines is 1. The van der Waals surface area contributed by atoms with E-state index in [-0.39, 0.29) is 23.5 Å². The second-order valence-corrected chi connectivity index (χ2v) is 12.4. The van der Waals surface area contributed by atoms with Gasteiger partial charge in [0.2, 0.25) is 5.91 Å². The second kappa shape index (κ2) is 8.22. The Kier molecular flexibility index (Phi) is 5.75. The van der Waals surface area contributed by atoms with E-state index in [0.29, 0.717) is 16.8 Å². The topological polar surface area (TPSA) is 74.8 Å². The first-order valence-electron chi connectivity index (χ1n) is 12.2. The Labute approximate surface area is 204 Å². The average molecular weight is 519 g/mol. The number of aryl methyl sites for hydroxylation is 1. The number of ether oxygens (including phenoxy) is 1. The minimum Gasteiger partial charge on any atom is -0.444 e. The summed E-state index contributed by atoms with van der Waals surface area (Å²) in [5, 5.41) is 2.98. The van der Waals surface area contributed by atoms with Gasteiger partial charge in [-0.3, -0.25) is 9.69 Å². The number of hydrogen-bond acceptors (Lipinski definition) is 5. The first kappa shape index (κ1) is 23.1. The van der Waals surface area contributed by atoms with Crippen LogP contribution in [0.3, 0.4) is 0 Å². The Morgan fingerprint density at radius 2 is 1.91 bits per heavy atom. The largest absolute Gasteiger partial charge is 0.444 e. The van der Waals surface area contributed by atoms with Crippen LogP contribution in [0.1, 0.15) is 58.4 Å². The van der Waals surface area contributed by atoms with E-state index in [9.17, 15) is 9.59 Å². The number of likely N-dealkylation sites (tertiary alicyclic amines) is 2. The summed E-state index contributed by atoms with van der Waals surface area (Å²) in [5.41, 5.74) is 0.279. The number of pyridine rings is 1. The number of halogens is 1. The first-order chi connectivity index (χ1) is 15.5. The van der Waals surface area contributed by atoms with Crippen molar-refractivity contribution in [2.45, 2.75) is 77.5 Å². The molecule has 2 saturated carbocycles. The molecule has 1 N–H and O–H groups in total. The number of amides is 2. The highest BCUT2D eigenvalue weighted by molar-refractivity contribution is 9.10. The number of aromatic nitrogens is 1. The molecule has 4 aliphatic rings. The normalized spacial score (nSPS) is 33.1. The fraction of sp³-hybridized carbons (Fsp3) is 0.720. The molecule has 2 aliphatic heterocycles. The lowest BCUT2D eigenvalue weighted by Crippen LogP contribution is -2.47. The molecule has 2 saturated heterocycles. The smallest absolute Gasteiger partial charge is 0.411 e. The molecule has 3 heterocycles. The van der Waals surface area contributed by atoms with Crippen molar-refractivity contribution in [3.8, 4) is 0 Å². The molecule has 1 aromatic rings. The van der Waals surface area contributed by atoms with Gasteiger partial charge in [-0.2, -0.15) is 0 Å². The molecule has 8 heteroatoms. The molecule has 0 aromatic carbocycles. The summed E-state index contributed by atoms with van der Waals surface area (Å²) in [7, 11) is 0. The van der Waals surface area contributed by atoms with Crippen LogP contribution in [0.4, 0.5) is 10.6 Å². The van der Waals surface area contributed by atoms with Crippen molar-refractivity contribution in [2.75, 3.05) is 25.0 Å². The zero-order chi connectivity index (χ0) is 23.5. The predicted octanol–water partition coefficient (Wildman–Crippen LogP) is 4.59. The van der Waals surface area contributed by atoms with Crippen molar-refractivity contribution < 1.29 is 14.3 Å². The van der Waals surface area contributed by atoms with Crippen molar-refractivity contribution in [3.63, 3.8) is 0 Å². The summed E-state index contributed by atoms with van der Waals surface area (Å²) in [6.07, 6.45) is 5.33. The maximum Gasteiger partial charge on any atom is 0.411 e. The van der Waals surface area contributed by atoms with Gasteiger partial charge in [0.15, 0.2) is 0 Å². The van der Waals surface area contributed by atoms with E-state index in [2.05, 4.69) is 31.1 Å². The third-order valence-electron chi connectivity index (χ3n) is 7.97. The molecule has 5 rings (SSSR count). The quantitative estimate of drug-likeness (QED) is 0.589. The number of nitrogens with one attached hydrogen (secondary N) is 1. The molecule has 7 nitrogen and oxygen atoms in total. The molecule has 1 aromatic heterocycles. The maximum absolute atomic E-state index is 13.4. The highest BCUT2D eigenvalue weighted by atomic mass is 79.9. The van der Waals surface area contributed by atoms with Gasteiger partial charge in [-0.1, -0.05) is 12.5 Å². The van der Waals surface area contributed by atoms with Crippen molar-refractivity contribution in [1.29, 1.82) is 0 Å². The summed E-state index contributed by atoms with van der Waals surface area (Å²) >= 11 is 3.38. The number of hydrogen-bond donors (Lipinski definition) is 1. The Hall–Kier alpha value is -1.67. The molecule has 0 unspecified atom stereocenters. The minimum atomic E-state index is -0.604. The number of rotatable bonds is 4. The standard InChI is InChI=1S/C25H35BrN4O3/c1-15-8-9-20(26)27-21(15)28-22(31)18-10-25(14-29-12-16-6-5-7-17(16)13-29)11-19(25)30(18)23(32)33-24(2,3)4/h8-9,16-19H,5-7,10-14H2,1-4H3,(H,27,28,31)/t16-,17-,18+,19+,25-/m1/s1. The van der Waals surface area contributed by atoms with Gasteiger partial charge in [0, 0.05) is 31.1 Å². The van der Waals surface area contributed by atoms with Gasteiger partial charge >= 0.3 is 6.09 Å². The van der Waals surface area contributed by atoms with Crippen LogP contribution in [0.25, 0.3) is 0 Å². The Morgan fingerprint density at radius 3 is 2.58 bits per heavy atom. The van der Waals surface area contributed by atoms with Gasteiger partial charge in [-0.25, -0.2) is 9.78 Å². The summed E-state index contributed by atoms with van der Waals surface area (Å²) in [6, 6.07) is 3.29. The van der Waals surface area contributed by atoms with Gasteiger partial charge in [0.25, 0.3) is 0 Å². The third-order valence-corrected chi connectivity index (χ3v) is 8.41. The molecule has 33 heavy (non-hydrogen) atoms. The lowest BCUT2D eigenvalue weighted by molar-refractivity contribution is -0.121. The molecule has 0 radical (unpaired) electrons. The number of carbonyl (C=O) groups is 2. The summed E-state index contributed by atoms with van der Waals surface area (Å²) in [6.45, 7) is 10.8. The molecule has 4 fully saturated rings. The van der Waals surface area contributed by atoms with Gasteiger partial charge < -0.3 is 15.0 Å². The number of piperidine rings is 1. The molecular weight excluding hydrogens is 484 g/mol. The van der Waals surface area contributed by atoms with Crippen LogP contribution >= 0.6 is 15.9 Å². The van der Waals surface area contributed by atoms with Crippen LogP contribution in [-0.4, -0.2) is 64.1 Å². The van der Waals surface area contributed by atoms with E-state index >= 15 is 0 Å². The zero-order valence-corrected chi connectivity index (χ0v) is 21.7. The molecule has 0 spiro atoms. The Balaban J connectivity index is 1.34. The highest BCUT2D eigenvalue weighted by Gasteiger charge is 2.68. The molecule has 5 atom stereocenters. The van der Waals surface area contributed by atoms with Crippen molar-refractivity contribution in [2.24, 2.45) is 17.3 Å². The predicted molar refractivity (Wildman–Crippen MR) is 130 cm³/mol. The van der Waals surface area contributed by atoms with Crippen molar-refractivity contribution in [3.05, 3.63) is 22.3 Å². The average Bonchev–Trinajstić information content (AvgIpc) is 3.02. The van der Waals surface area contributed by atoms with Crippen LogP contribution in [0.5, 0.6) is 0 Å². The van der Waals surface area contributed by atoms with E-state index in [1.165, 1.54) is 32.4 Å². The van der Waals surface area contributed by atoms with Crippen molar-refractivity contribution >= 4 is 33.7 Å². The minimum absolute atomic E-state index is 0.00269. The van der Waals surface area contributed by atoms with Crippen LogP contribution in [0.2, 0.25) is 0 Å². The molecule has 180 valence electrons. The molecular formula is C25H35BrN4O3. The van der Waals surface area contributed by atoms with Gasteiger partial charge in [-0.05, 0) is 92.8 Å². The fourth-order valence-corrected chi connectivity index (χ4v) is 6.71. The molecule has 0 bridgehead atoms. The summed E-state index contributed by atoms with van der Waals surface area (Å²) < 4.78 is 6.40. The van der Waals surface area contributed by atoms with E-state index in [1.807, 2.05) is 39.8 Å². The summed E-state index contributed by atoms with van der Waals surface area (Å²) in [4.78, 5) is 35.4. The van der Waals surface area contributed by atoms with Gasteiger partial charge in [0.05, 0.1) is 0 Å². The summed E-state index contributed by atoms with van der Waals surface area (Å²) in [5.74, 6) is 2.03. The lowest BCUT2D eigenvalue weighted by atomic mass is 9.98. The Morgan fingerprint density at radius 1 is 1.21 bits per heavy atom. The van der Waals surface area contributed by atoms with Crippen LogP contribution in [0, 0.1) is 24.2 Å². The molecule has 2 amide bonds. The van der Waals surface area contributed by atoms with Gasteiger partial charge in [0.1, 0.15) is 22.1 Å². The number of carbonyl (C=O) groups excluding carboxylic acids is 2. The van der Waals surface area contributed by atoms with Crippen LogP contribution in [-0.2, 0) is 9.53 Å². The van der Waals surface area contributed by atoms with E-state index in [0.717, 1.165) is 30.4 Å². The first-order valence-corrected chi connectivity index (χ1v) is 13.0. The van der Waals surface area contributed by atoms with E-state index < -0.39 is 11.6 Å². The van der Waals surface area contributed by atoms with Crippen LogP contribution < -0.4 is 5.32 Å². The van der Waals surface area contributed by atoms with E-state index in [4.69, 9.17) is 4.74 Å². The second-order valence-electron chi connectivity index (χ2n) is 11.6. The van der Waals surface area contributed by atoms with Gasteiger partial charge in [-0.15, -0.1) is 0 Å². The lowest BCUT2D eigenvalue weighted by Gasteiger charge is -2.29. The maximum atomic E-state index is 13.4. The number of nitrogens with zero attached hydrogens (tertiary/aromatic N) is 3. The van der Waals surface area contributed by atoms with Crippen LogP contribution in [0.15, 0.2) is 16.7 Å². The zero-order valence-electron chi connectivity index (χ0n) is 20.1.